The normalized spacial score (nSPS) is 10.8. The lowest BCUT2D eigenvalue weighted by Crippen LogP contribution is -2.34. The van der Waals surface area contributed by atoms with Gasteiger partial charge in [-0.05, 0) is 19.4 Å². The van der Waals surface area contributed by atoms with Crippen molar-refractivity contribution in [2.75, 3.05) is 43.1 Å². The molecule has 1 amide bonds. The molecule has 0 bridgehead atoms. The predicted molar refractivity (Wildman–Crippen MR) is 126 cm³/mol. The van der Waals surface area contributed by atoms with E-state index in [9.17, 15) is 9.59 Å². The number of aromatic nitrogens is 5. The van der Waals surface area contributed by atoms with Gasteiger partial charge in [-0.1, -0.05) is 42.1 Å². The summed E-state index contributed by atoms with van der Waals surface area (Å²) in [6, 6.07) is 9.64. The zero-order valence-electron chi connectivity index (χ0n) is 18.9. The molecule has 0 spiro atoms. The van der Waals surface area contributed by atoms with Crippen LogP contribution in [0.2, 0.25) is 0 Å². The van der Waals surface area contributed by atoms with Gasteiger partial charge in [0.1, 0.15) is 0 Å². The highest BCUT2D eigenvalue weighted by atomic mass is 32.2. The molecule has 12 heteroatoms. The molecule has 11 nitrogen and oxygen atoms in total. The Labute approximate surface area is 196 Å². The van der Waals surface area contributed by atoms with Crippen molar-refractivity contribution in [3.63, 3.8) is 0 Å². The van der Waals surface area contributed by atoms with Crippen LogP contribution >= 0.6 is 11.8 Å². The number of carbonyl (C=O) groups is 2. The predicted octanol–water partition coefficient (Wildman–Crippen LogP) is 2.07. The third kappa shape index (κ3) is 6.54. The molecule has 1 aromatic carbocycles. The summed E-state index contributed by atoms with van der Waals surface area (Å²) in [4.78, 5) is 35.2. The van der Waals surface area contributed by atoms with Crippen molar-refractivity contribution >= 4 is 41.3 Å². The molecule has 33 heavy (non-hydrogen) atoms. The first kappa shape index (κ1) is 24.2. The van der Waals surface area contributed by atoms with Gasteiger partial charge in [0.2, 0.25) is 17.8 Å². The zero-order chi connectivity index (χ0) is 23.6. The second kappa shape index (κ2) is 12.0. The molecular weight excluding hydrogens is 444 g/mol. The van der Waals surface area contributed by atoms with Crippen LogP contribution in [0.1, 0.15) is 25.8 Å². The van der Waals surface area contributed by atoms with Crippen LogP contribution in [0.5, 0.6) is 0 Å². The van der Waals surface area contributed by atoms with E-state index in [-0.39, 0.29) is 30.6 Å². The van der Waals surface area contributed by atoms with Gasteiger partial charge in [-0.15, -0.1) is 10.2 Å². The van der Waals surface area contributed by atoms with Crippen LogP contribution in [0.3, 0.4) is 0 Å². The van der Waals surface area contributed by atoms with Crippen molar-refractivity contribution in [2.45, 2.75) is 32.0 Å². The molecule has 176 valence electrons. The Bertz CT molecular complexity index is 1080. The largest absolute Gasteiger partial charge is 0.469 e. The molecule has 0 saturated carbocycles. The van der Waals surface area contributed by atoms with Crippen molar-refractivity contribution in [2.24, 2.45) is 0 Å². The fourth-order valence-corrected chi connectivity index (χ4v) is 3.87. The summed E-state index contributed by atoms with van der Waals surface area (Å²) in [7, 11) is 1.34. The topological polar surface area (TPSA) is 127 Å². The zero-order valence-corrected chi connectivity index (χ0v) is 19.8. The number of ether oxygens (including phenoxy) is 1. The number of nitrogens with one attached hydrogen (secondary N) is 2. The van der Waals surface area contributed by atoms with Crippen LogP contribution in [0.25, 0.3) is 5.78 Å². The van der Waals surface area contributed by atoms with Crippen molar-refractivity contribution < 1.29 is 14.3 Å². The van der Waals surface area contributed by atoms with Gasteiger partial charge in [0, 0.05) is 26.2 Å². The summed E-state index contributed by atoms with van der Waals surface area (Å²) in [6.07, 6.45) is 0.124. The van der Waals surface area contributed by atoms with Gasteiger partial charge in [-0.2, -0.15) is 9.97 Å². The van der Waals surface area contributed by atoms with Crippen LogP contribution in [-0.4, -0.2) is 73.8 Å². The number of nitrogens with zero attached hydrogens (tertiary/aromatic N) is 6. The third-order valence-electron chi connectivity index (χ3n) is 4.62. The van der Waals surface area contributed by atoms with E-state index in [1.165, 1.54) is 18.9 Å². The van der Waals surface area contributed by atoms with Crippen LogP contribution in [0, 0.1) is 0 Å². The fourth-order valence-electron chi connectivity index (χ4n) is 3.04. The maximum atomic E-state index is 13.1. The highest BCUT2D eigenvalue weighted by molar-refractivity contribution is 7.99. The van der Waals surface area contributed by atoms with Crippen LogP contribution in [0.4, 0.5) is 11.9 Å². The van der Waals surface area contributed by atoms with Gasteiger partial charge < -0.3 is 20.3 Å². The Morgan fingerprint density at radius 1 is 1.09 bits per heavy atom. The summed E-state index contributed by atoms with van der Waals surface area (Å²) >= 11 is 1.24. The number of anilines is 2. The number of benzene rings is 1. The summed E-state index contributed by atoms with van der Waals surface area (Å²) < 4.78 is 6.42. The average molecular weight is 473 g/mol. The maximum absolute atomic E-state index is 13.1. The van der Waals surface area contributed by atoms with E-state index in [1.807, 2.05) is 44.2 Å². The number of esters is 1. The molecule has 2 heterocycles. The standard InChI is InChI=1S/C21H28N8O3S/c1-4-22-18-24-19(23-5-2)29-20(25-18)26-27-21(29)33-14-16(30)28(12-11-17(31)32-3)13-15-9-7-6-8-10-15/h6-10H,4-5,11-14H2,1-3H3,(H2,22,23,24,25,26). The lowest BCUT2D eigenvalue weighted by Gasteiger charge is -2.22. The smallest absolute Gasteiger partial charge is 0.307 e. The van der Waals surface area contributed by atoms with E-state index >= 15 is 0 Å². The second-order valence-corrected chi connectivity index (χ2v) is 7.91. The monoisotopic (exact) mass is 472 g/mol. The summed E-state index contributed by atoms with van der Waals surface area (Å²) in [5.41, 5.74) is 0.979. The number of amides is 1. The molecule has 0 atom stereocenters. The van der Waals surface area contributed by atoms with Gasteiger partial charge in [0.15, 0.2) is 5.16 Å². The Morgan fingerprint density at radius 3 is 2.55 bits per heavy atom. The van der Waals surface area contributed by atoms with E-state index in [4.69, 9.17) is 4.74 Å². The van der Waals surface area contributed by atoms with E-state index in [1.54, 1.807) is 9.30 Å². The van der Waals surface area contributed by atoms with Gasteiger partial charge in [0.25, 0.3) is 5.78 Å². The molecule has 0 unspecified atom stereocenters. The van der Waals surface area contributed by atoms with E-state index < -0.39 is 0 Å². The minimum absolute atomic E-state index is 0.120. The maximum Gasteiger partial charge on any atom is 0.307 e. The molecule has 0 saturated heterocycles. The Balaban J connectivity index is 1.76. The van der Waals surface area contributed by atoms with Crippen molar-refractivity contribution in [3.8, 4) is 0 Å². The van der Waals surface area contributed by atoms with E-state index in [0.717, 1.165) is 5.56 Å². The molecule has 0 aliphatic carbocycles. The Hall–Kier alpha value is -3.41. The van der Waals surface area contributed by atoms with E-state index in [0.29, 0.717) is 42.5 Å². The van der Waals surface area contributed by atoms with Gasteiger partial charge in [-0.3, -0.25) is 9.59 Å². The molecule has 3 aromatic rings. The number of carbonyl (C=O) groups excluding carboxylic acids is 2. The van der Waals surface area contributed by atoms with Crippen molar-refractivity contribution in [1.29, 1.82) is 0 Å². The van der Waals surface area contributed by atoms with Gasteiger partial charge in [-0.25, -0.2) is 4.40 Å². The molecule has 0 radical (unpaired) electrons. The number of hydrogen-bond acceptors (Lipinski definition) is 10. The molecule has 3 rings (SSSR count). The highest BCUT2D eigenvalue weighted by Gasteiger charge is 2.20. The molecule has 0 fully saturated rings. The number of hydrogen-bond donors (Lipinski definition) is 2. The first-order valence-corrected chi connectivity index (χ1v) is 11.7. The summed E-state index contributed by atoms with van der Waals surface area (Å²) in [5.74, 6) is 1.03. The number of methoxy groups -OCH3 is 1. The SMILES string of the molecule is CCNc1nc(NCC)n2c(SCC(=O)N(CCC(=O)OC)Cc3ccccc3)nnc2n1. The van der Waals surface area contributed by atoms with Crippen LogP contribution in [0.15, 0.2) is 35.5 Å². The number of thioether (sulfide) groups is 1. The van der Waals surface area contributed by atoms with Crippen LogP contribution < -0.4 is 10.6 Å². The Kier molecular flexibility index (Phi) is 8.81. The highest BCUT2D eigenvalue weighted by Crippen LogP contribution is 2.22. The quantitative estimate of drug-likeness (QED) is 0.299. The summed E-state index contributed by atoms with van der Waals surface area (Å²) in [6.45, 7) is 5.91. The van der Waals surface area contributed by atoms with Crippen LogP contribution in [-0.2, 0) is 20.9 Å². The van der Waals surface area contributed by atoms with E-state index in [2.05, 4.69) is 30.8 Å². The number of fused-ring (bicyclic) bond motifs is 1. The minimum Gasteiger partial charge on any atom is -0.469 e. The van der Waals surface area contributed by atoms with Crippen molar-refractivity contribution in [1.82, 2.24) is 29.5 Å². The number of rotatable bonds is 12. The molecular formula is C21H28N8O3S. The van der Waals surface area contributed by atoms with Crippen molar-refractivity contribution in [3.05, 3.63) is 35.9 Å². The first-order chi connectivity index (χ1) is 16.0. The molecule has 0 aliphatic heterocycles. The molecule has 2 aromatic heterocycles. The first-order valence-electron chi connectivity index (χ1n) is 10.7. The van der Waals surface area contributed by atoms with Gasteiger partial charge >= 0.3 is 5.97 Å². The lowest BCUT2D eigenvalue weighted by molar-refractivity contribution is -0.141. The Morgan fingerprint density at radius 2 is 1.85 bits per heavy atom. The average Bonchev–Trinajstić information content (AvgIpc) is 3.24. The van der Waals surface area contributed by atoms with Gasteiger partial charge in [0.05, 0.1) is 19.3 Å². The minimum atomic E-state index is -0.360. The fraction of sp³-hybridized carbons (Fsp3) is 0.429. The summed E-state index contributed by atoms with van der Waals surface area (Å²) in [5, 5.41) is 15.1. The molecule has 2 N–H and O–H groups in total. The second-order valence-electron chi connectivity index (χ2n) is 6.97. The molecule has 0 aliphatic rings. The lowest BCUT2D eigenvalue weighted by atomic mass is 10.2. The third-order valence-corrected chi connectivity index (χ3v) is 5.54.